The Hall–Kier alpha value is -14.1. The third kappa shape index (κ3) is 32.8. The zero-order valence-corrected chi connectivity index (χ0v) is 85.5. The molecule has 0 heterocycles. The SMILES string of the molecule is COc1cc(CC(=O)c2ccc(CO)c(NC(=O)CCl)c2)cc(OC)c1OC.COc1cc(NC(=O)c2ccc(CO)c(NC(=O)C(C)Br)c2)cc(OC)c1OC.COc1cc(NC(=O)c2ccc(CO)c(NC(=O)CBr)c2)cc(OC)c1OC.COc1cc(OC(=O)c2ccc(CO)c(NC(=O)CBr)c2)cc(OC)c1OC.COc1cc(OC(=O)c2ccc(CO)c(NC(=O)CCl)c2)cc(OC)c1OC. The first-order valence-electron chi connectivity index (χ1n) is 41.4. The number of methoxy groups -OCH3 is 15. The van der Waals surface area contributed by atoms with Gasteiger partial charge < -0.3 is 143 Å². The topological polar surface area (TPSA) is 513 Å². The van der Waals surface area contributed by atoms with E-state index in [0.29, 0.717) is 170 Å². The molecule has 1 unspecified atom stereocenters. The van der Waals surface area contributed by atoms with E-state index in [1.54, 1.807) is 79.7 Å². The molecule has 756 valence electrons. The number of ketones is 1. The van der Waals surface area contributed by atoms with Crippen molar-refractivity contribution in [3.63, 3.8) is 0 Å². The number of ether oxygens (including phenoxy) is 17. The van der Waals surface area contributed by atoms with Gasteiger partial charge in [0.25, 0.3) is 11.8 Å². The molecule has 10 rings (SSSR count). The average molecular weight is 2190 g/mol. The van der Waals surface area contributed by atoms with Gasteiger partial charge in [-0.05, 0) is 79.2 Å². The van der Waals surface area contributed by atoms with Crippen molar-refractivity contribution in [3.8, 4) is 97.7 Å². The third-order valence-electron chi connectivity index (χ3n) is 19.6. The van der Waals surface area contributed by atoms with Crippen molar-refractivity contribution in [2.75, 3.05) is 166 Å². The number of rotatable bonds is 41. The van der Waals surface area contributed by atoms with Gasteiger partial charge in [-0.3, -0.25) is 38.4 Å². The molecule has 0 aromatic heterocycles. The molecule has 0 bridgehead atoms. The minimum absolute atomic E-state index is 0.0813. The van der Waals surface area contributed by atoms with Crippen LogP contribution in [-0.2, 0) is 63.4 Å². The van der Waals surface area contributed by atoms with Crippen LogP contribution in [0.25, 0.3) is 0 Å². The summed E-state index contributed by atoms with van der Waals surface area (Å²) in [4.78, 5) is 121. The minimum atomic E-state index is -0.680. The number of esters is 2. The molecule has 0 aliphatic carbocycles. The second kappa shape index (κ2) is 58.7. The maximum atomic E-state index is 12.8. The molecular formula is C97H106Br3Cl2N7O32. The molecule has 39 nitrogen and oxygen atoms in total. The fraction of sp³-hybridized carbons (Fsp3) is 0.278. The van der Waals surface area contributed by atoms with Crippen molar-refractivity contribution >= 4 is 170 Å². The number of benzene rings is 10. The monoisotopic (exact) mass is 2190 g/mol. The van der Waals surface area contributed by atoms with Crippen LogP contribution in [0.3, 0.4) is 0 Å². The lowest BCUT2D eigenvalue weighted by Gasteiger charge is -2.15. The van der Waals surface area contributed by atoms with E-state index < -0.39 is 40.4 Å². The Morgan fingerprint density at radius 3 is 0.780 bits per heavy atom. The van der Waals surface area contributed by atoms with Crippen molar-refractivity contribution in [2.24, 2.45) is 0 Å². The lowest BCUT2D eigenvalue weighted by atomic mass is 10.00. The fourth-order valence-electron chi connectivity index (χ4n) is 12.6. The number of alkyl halides is 5. The van der Waals surface area contributed by atoms with Crippen LogP contribution in [0, 0.1) is 0 Å². The standard InChI is InChI=1S/C20H23BrN2O6.C20H22ClNO6.C19H21BrN2O6.C19H20BrNO7.C19H20ClNO7/c1-11(21)19(25)23-15-7-12(5-6-13(15)10-24)20(26)22-14-8-16(27-2)18(29-4)17(9-14)28-3;1-26-17-7-12(8-18(27-2)20(17)28-3)6-16(24)13-4-5-14(11-23)15(9-13)22-19(25)10-21;1-26-15-7-13(8-16(27-2)18(15)28-3)21-19(25)11-4-5-12(10-23)14(6-11)22-17(24)9-20;2*1-25-15-7-13(8-16(26-2)18(15)27-3)28-19(24)11-4-5-12(10-22)14(6-11)21-17(23)9-20/h5-9,11,24H,10H2,1-4H3,(H,22,26)(H,23,25);4-5,7-9,23H,6,10-11H2,1-3H3,(H,22,25);4-8,23H,9-10H2,1-3H3,(H,21,25)(H,22,24);2*4-8,22H,9-10H2,1-3H3,(H,21,23). The van der Waals surface area contributed by atoms with E-state index in [1.165, 1.54) is 186 Å². The van der Waals surface area contributed by atoms with Gasteiger partial charge in [-0.25, -0.2) is 9.59 Å². The zero-order chi connectivity index (χ0) is 104. The summed E-state index contributed by atoms with van der Waals surface area (Å²) < 4.78 is 89.7. The lowest BCUT2D eigenvalue weighted by Crippen LogP contribution is -2.21. The summed E-state index contributed by atoms with van der Waals surface area (Å²) in [6.07, 6.45) is 0.0814. The quantitative estimate of drug-likeness (QED) is 0.00733. The van der Waals surface area contributed by atoms with Crippen LogP contribution in [0.15, 0.2) is 152 Å². The number of Topliss-reactive ketones (excluding diaryl/α,β-unsaturated/α-hetero) is 1. The van der Waals surface area contributed by atoms with Gasteiger partial charge in [-0.2, -0.15) is 0 Å². The summed E-state index contributed by atoms with van der Waals surface area (Å²) in [5, 5.41) is 65.9. The van der Waals surface area contributed by atoms with E-state index in [1.807, 2.05) is 0 Å². The van der Waals surface area contributed by atoms with Crippen LogP contribution in [0.1, 0.15) is 92.1 Å². The third-order valence-corrected chi connectivity index (χ3v) is 21.5. The summed E-state index contributed by atoms with van der Waals surface area (Å²) in [6.45, 7) is 0.238. The van der Waals surface area contributed by atoms with Crippen LogP contribution in [-0.4, -0.2) is 218 Å². The molecule has 0 spiro atoms. The Kier molecular flexibility index (Phi) is 48.2. The lowest BCUT2D eigenvalue weighted by molar-refractivity contribution is -0.115. The second-order valence-electron chi connectivity index (χ2n) is 28.4. The van der Waals surface area contributed by atoms with Gasteiger partial charge in [0.1, 0.15) is 23.3 Å². The smallest absolute Gasteiger partial charge is 0.343 e. The zero-order valence-electron chi connectivity index (χ0n) is 79.2. The first kappa shape index (κ1) is 116. The van der Waals surface area contributed by atoms with Gasteiger partial charge in [-0.1, -0.05) is 84.2 Å². The molecule has 141 heavy (non-hydrogen) atoms. The summed E-state index contributed by atoms with van der Waals surface area (Å²) >= 11 is 20.3. The van der Waals surface area contributed by atoms with Gasteiger partial charge in [0.15, 0.2) is 63.3 Å². The maximum Gasteiger partial charge on any atom is 0.343 e. The van der Waals surface area contributed by atoms with Crippen molar-refractivity contribution in [2.45, 2.75) is 51.2 Å². The largest absolute Gasteiger partial charge is 0.493 e. The molecule has 10 aromatic rings. The maximum absolute atomic E-state index is 12.8. The number of carbonyl (C=O) groups is 10. The van der Waals surface area contributed by atoms with E-state index in [9.17, 15) is 73.5 Å². The predicted molar refractivity (Wildman–Crippen MR) is 537 cm³/mol. The van der Waals surface area contributed by atoms with E-state index in [-0.39, 0.29) is 114 Å². The molecule has 44 heteroatoms. The van der Waals surface area contributed by atoms with Gasteiger partial charge in [0.2, 0.25) is 58.3 Å². The Morgan fingerprint density at radius 1 is 0.298 bits per heavy atom. The first-order valence-corrected chi connectivity index (χ1v) is 45.6. The van der Waals surface area contributed by atoms with Gasteiger partial charge in [-0.15, -0.1) is 23.2 Å². The number of nitrogens with one attached hydrogen (secondary N) is 7. The fourth-order valence-corrected chi connectivity index (χ4v) is 13.2. The Morgan fingerprint density at radius 2 is 0.532 bits per heavy atom. The van der Waals surface area contributed by atoms with E-state index in [4.69, 9.17) is 104 Å². The highest BCUT2D eigenvalue weighted by Crippen LogP contribution is 2.46. The first-order chi connectivity index (χ1) is 67.7. The number of anilines is 7. The number of aliphatic hydroxyl groups excluding tert-OH is 5. The normalized spacial score (nSPS) is 10.5. The molecule has 0 aliphatic rings. The average Bonchev–Trinajstić information content (AvgIpc) is 0.824. The Bertz CT molecular complexity index is 5360. The number of hydrogen-bond donors (Lipinski definition) is 12. The van der Waals surface area contributed by atoms with Gasteiger partial charge >= 0.3 is 11.9 Å². The van der Waals surface area contributed by atoms with Crippen molar-refractivity contribution in [1.29, 1.82) is 0 Å². The molecule has 12 N–H and O–H groups in total. The summed E-state index contributed by atoms with van der Waals surface area (Å²) in [5.41, 5.74) is 6.96. The van der Waals surface area contributed by atoms with E-state index in [0.717, 1.165) is 0 Å². The molecule has 0 saturated heterocycles. The molecular weight excluding hydrogens is 2090 g/mol. The minimum Gasteiger partial charge on any atom is -0.493 e. The predicted octanol–water partition coefficient (Wildman–Crippen LogP) is 14.1. The molecule has 0 aliphatic heterocycles. The molecule has 0 fully saturated rings. The van der Waals surface area contributed by atoms with Crippen molar-refractivity contribution < 1.29 is 154 Å². The highest BCUT2D eigenvalue weighted by Gasteiger charge is 2.26. The van der Waals surface area contributed by atoms with Crippen LogP contribution >= 0.6 is 71.0 Å². The van der Waals surface area contributed by atoms with Crippen LogP contribution < -0.4 is 118 Å². The number of hydrogen-bond acceptors (Lipinski definition) is 32. The highest BCUT2D eigenvalue weighted by molar-refractivity contribution is 9.10. The van der Waals surface area contributed by atoms with E-state index in [2.05, 4.69) is 85.0 Å². The van der Waals surface area contributed by atoms with Gasteiger partial charge in [0, 0.05) is 139 Å². The second-order valence-corrected chi connectivity index (χ2v) is 31.4. The number of halogens is 5. The van der Waals surface area contributed by atoms with E-state index >= 15 is 0 Å². The number of carbonyl (C=O) groups excluding carboxylic acids is 10. The summed E-state index contributed by atoms with van der Waals surface area (Å²) in [7, 11) is 22.2. The number of aliphatic hydroxyl groups is 5. The van der Waals surface area contributed by atoms with Crippen LogP contribution in [0.4, 0.5) is 39.8 Å². The van der Waals surface area contributed by atoms with Crippen LogP contribution in [0.5, 0.6) is 97.7 Å². The molecule has 1 atom stereocenters. The Labute approximate surface area is 846 Å². The molecule has 0 saturated carbocycles. The molecule has 7 amide bonds. The van der Waals surface area contributed by atoms with Crippen molar-refractivity contribution in [1.82, 2.24) is 0 Å². The molecule has 0 radical (unpaired) electrons. The van der Waals surface area contributed by atoms with Crippen LogP contribution in [0.2, 0.25) is 0 Å². The Balaban J connectivity index is 0.000000270. The summed E-state index contributed by atoms with van der Waals surface area (Å²) in [5.74, 6) is 1.60. The number of amides is 7. The van der Waals surface area contributed by atoms with Crippen molar-refractivity contribution in [3.05, 3.63) is 213 Å². The van der Waals surface area contributed by atoms with Gasteiger partial charge in [0.05, 0.1) is 166 Å². The summed E-state index contributed by atoms with van der Waals surface area (Å²) in [6, 6.07) is 38.6. The molecule has 10 aromatic carbocycles. The highest BCUT2D eigenvalue weighted by atomic mass is 79.9.